The van der Waals surface area contributed by atoms with Crippen molar-refractivity contribution >= 4 is 82.0 Å². The topological polar surface area (TPSA) is 24.7 Å². The van der Waals surface area contributed by atoms with Crippen molar-refractivity contribution in [1.29, 1.82) is 0 Å². The van der Waals surface area contributed by atoms with Crippen molar-refractivity contribution in [2.45, 2.75) is 127 Å². The Labute approximate surface area is 313 Å². The lowest BCUT2D eigenvalue weighted by Crippen LogP contribution is -2.27. The number of alkyl halides is 6. The van der Waals surface area contributed by atoms with Gasteiger partial charge in [-0.25, -0.2) is 0 Å². The molecular weight excluding hydrogens is 697 g/mol. The van der Waals surface area contributed by atoms with Crippen LogP contribution in [0.2, 0.25) is 0 Å². The number of hydrogen-bond donors (Lipinski definition) is 0. The maximum absolute atomic E-state index is 6.23. The lowest BCUT2D eigenvalue weighted by atomic mass is 9.71. The highest BCUT2D eigenvalue weighted by Gasteiger charge is 2.30. The number of nitrogens with zero attached hydrogens (tertiary/aromatic N) is 2. The third kappa shape index (κ3) is 20.8. The quantitative estimate of drug-likeness (QED) is 0.219. The molecule has 2 fully saturated rings. The summed E-state index contributed by atoms with van der Waals surface area (Å²) in [6, 6.07) is 18.3. The maximum Gasteiger partial charge on any atom is 0.180 e. The van der Waals surface area contributed by atoms with Gasteiger partial charge in [0.05, 0.1) is 2.74 Å². The summed E-state index contributed by atoms with van der Waals surface area (Å²) in [5, 5.41) is 0. The summed E-state index contributed by atoms with van der Waals surface area (Å²) in [7, 11) is 0. The molecule has 0 bridgehead atoms. The van der Waals surface area contributed by atoms with Gasteiger partial charge in [-0.1, -0.05) is 171 Å². The number of halogens is 6. The van der Waals surface area contributed by atoms with Gasteiger partial charge in [-0.15, -0.1) is 0 Å². The zero-order chi connectivity index (χ0) is 36.8. The van der Waals surface area contributed by atoms with Gasteiger partial charge in [0.25, 0.3) is 0 Å². The SMILES string of the molecule is Cc1ccc(C=NC2CCC(C(C)(C)C)CC2)cc1.Cc1ccc(C=NC2CCC(C(C)(C)C)CC2)cc1.[2H]C(Cl)(Cl)Cl.[2H]C(Cl)(Cl)Cl. The summed E-state index contributed by atoms with van der Waals surface area (Å²) in [5.74, 6) is 1.75. The first-order valence-corrected chi connectivity index (χ1v) is 18.5. The second-order valence-electron chi connectivity index (χ2n) is 14.5. The van der Waals surface area contributed by atoms with E-state index in [2.05, 4.69) is 116 Å². The molecule has 2 aromatic carbocycles. The van der Waals surface area contributed by atoms with E-state index in [1.165, 1.54) is 73.6 Å². The molecule has 2 saturated carbocycles. The van der Waals surface area contributed by atoms with Crippen LogP contribution in [-0.4, -0.2) is 33.1 Å². The number of aliphatic imine (C=N–C) groups is 2. The van der Waals surface area contributed by atoms with Crippen LogP contribution in [0.4, 0.5) is 0 Å². The van der Waals surface area contributed by atoms with Crippen molar-refractivity contribution in [3.63, 3.8) is 0 Å². The second-order valence-corrected chi connectivity index (χ2v) is 18.0. The van der Waals surface area contributed by atoms with Gasteiger partial charge < -0.3 is 0 Å². The minimum Gasteiger partial charge on any atom is -0.289 e. The normalized spacial score (nSPS) is 23.2. The molecule has 4 rings (SSSR count). The third-order valence-corrected chi connectivity index (χ3v) is 8.87. The second kappa shape index (κ2) is 22.3. The first kappa shape index (κ1) is 40.0. The first-order valence-electron chi connectivity index (χ1n) is 17.2. The van der Waals surface area contributed by atoms with Crippen LogP contribution in [0.15, 0.2) is 58.5 Å². The summed E-state index contributed by atoms with van der Waals surface area (Å²) in [4.78, 5) is 9.55. The molecule has 260 valence electrons. The third-order valence-electron chi connectivity index (χ3n) is 8.87. The lowest BCUT2D eigenvalue weighted by molar-refractivity contribution is 0.170. The Hall–Kier alpha value is -0.480. The molecule has 0 unspecified atom stereocenters. The van der Waals surface area contributed by atoms with Crippen molar-refractivity contribution in [3.8, 4) is 0 Å². The Kier molecular flexibility index (Phi) is 19.4. The van der Waals surface area contributed by atoms with E-state index in [-0.39, 0.29) is 0 Å². The van der Waals surface area contributed by atoms with Gasteiger partial charge in [-0.05, 0) is 99.0 Å². The van der Waals surface area contributed by atoms with E-state index in [1.807, 2.05) is 0 Å². The maximum atomic E-state index is 6.23. The Balaban J connectivity index is 0.000000376. The van der Waals surface area contributed by atoms with E-state index in [0.29, 0.717) is 22.9 Å². The van der Waals surface area contributed by atoms with Gasteiger partial charge in [0.1, 0.15) is 0 Å². The highest BCUT2D eigenvalue weighted by molar-refractivity contribution is 6.63. The van der Waals surface area contributed by atoms with Crippen LogP contribution in [0, 0.1) is 36.5 Å². The van der Waals surface area contributed by atoms with Crippen molar-refractivity contribution in [2.75, 3.05) is 0 Å². The fourth-order valence-electron chi connectivity index (χ4n) is 5.87. The predicted molar refractivity (Wildman–Crippen MR) is 211 cm³/mol. The summed E-state index contributed by atoms with van der Waals surface area (Å²) in [6.45, 7) is 18.5. The van der Waals surface area contributed by atoms with Gasteiger partial charge >= 0.3 is 0 Å². The molecule has 0 heterocycles. The molecular formula is C38H56Cl6N2. The summed E-state index contributed by atoms with van der Waals surface area (Å²) < 4.78 is 8.80. The van der Waals surface area contributed by atoms with Gasteiger partial charge in [0, 0.05) is 24.5 Å². The smallest absolute Gasteiger partial charge is 0.180 e. The molecule has 46 heavy (non-hydrogen) atoms. The molecule has 0 aliphatic heterocycles. The minimum atomic E-state index is -1.83. The highest BCUT2D eigenvalue weighted by Crippen LogP contribution is 2.39. The van der Waals surface area contributed by atoms with E-state index < -0.39 is 8.54 Å². The molecule has 8 heteroatoms. The van der Waals surface area contributed by atoms with Gasteiger partial charge in [-0.3, -0.25) is 9.98 Å². The molecule has 0 atom stereocenters. The minimum absolute atomic E-state index is 0.464. The standard InChI is InChI=1S/2C18H27N.2CHCl3/c2*1-14-5-7-15(8-6-14)13-19-17-11-9-16(10-12-17)18(2,3)4;2*2-1(3)4/h2*5-8,13,16-17H,9-12H2,1-4H3;2*1H/i;;2*1D. The average molecular weight is 756 g/mol. The van der Waals surface area contributed by atoms with Gasteiger partial charge in [0.2, 0.25) is 0 Å². The van der Waals surface area contributed by atoms with Crippen LogP contribution in [0.3, 0.4) is 0 Å². The van der Waals surface area contributed by atoms with Crippen LogP contribution in [0.5, 0.6) is 0 Å². The molecule has 2 aliphatic rings. The number of benzene rings is 2. The van der Waals surface area contributed by atoms with E-state index in [1.54, 1.807) is 0 Å². The van der Waals surface area contributed by atoms with E-state index >= 15 is 0 Å². The van der Waals surface area contributed by atoms with E-state index in [0.717, 1.165) is 11.8 Å². The fourth-order valence-corrected chi connectivity index (χ4v) is 5.87. The first-order chi connectivity index (χ1) is 21.9. The van der Waals surface area contributed by atoms with Crippen molar-refractivity contribution in [1.82, 2.24) is 0 Å². The van der Waals surface area contributed by atoms with Crippen LogP contribution in [0.1, 0.15) is 118 Å². The zero-order valence-electron chi connectivity index (χ0n) is 30.9. The molecule has 0 saturated heterocycles. The molecule has 0 amide bonds. The van der Waals surface area contributed by atoms with Crippen molar-refractivity contribution < 1.29 is 2.74 Å². The molecule has 2 aliphatic carbocycles. The zero-order valence-corrected chi connectivity index (χ0v) is 33.4. The molecule has 0 aromatic heterocycles. The number of rotatable bonds is 4. The van der Waals surface area contributed by atoms with Crippen molar-refractivity contribution in [3.05, 3.63) is 70.8 Å². The summed E-state index contributed by atoms with van der Waals surface area (Å²) in [5.41, 5.74) is 6.00. The Bertz CT molecular complexity index is 1100. The van der Waals surface area contributed by atoms with Gasteiger partial charge in [-0.2, -0.15) is 0 Å². The molecule has 0 N–H and O–H groups in total. The molecule has 2 aromatic rings. The Morgan fingerprint density at radius 3 is 1.00 bits per heavy atom. The van der Waals surface area contributed by atoms with E-state index in [4.69, 9.17) is 82.3 Å². The average Bonchev–Trinajstić information content (AvgIpc) is 2.95. The monoisotopic (exact) mass is 752 g/mol. The Morgan fingerprint density at radius 2 is 0.783 bits per heavy atom. The van der Waals surface area contributed by atoms with Crippen molar-refractivity contribution in [2.24, 2.45) is 32.7 Å². The Morgan fingerprint density at radius 1 is 0.543 bits per heavy atom. The van der Waals surface area contributed by atoms with Crippen LogP contribution in [-0.2, 0) is 0 Å². The number of hydrogen-bond acceptors (Lipinski definition) is 2. The van der Waals surface area contributed by atoms with Gasteiger partial charge in [0.15, 0.2) is 8.54 Å². The lowest BCUT2D eigenvalue weighted by Gasteiger charge is -2.35. The van der Waals surface area contributed by atoms with E-state index in [9.17, 15) is 0 Å². The van der Waals surface area contributed by atoms with Crippen LogP contribution >= 0.6 is 69.6 Å². The highest BCUT2D eigenvalue weighted by atomic mass is 35.6. The predicted octanol–water partition coefficient (Wildman–Crippen LogP) is 14.0. The summed E-state index contributed by atoms with van der Waals surface area (Å²) in [6.07, 6.45) is 14.5. The number of aryl methyl sites for hydroxylation is 2. The molecule has 0 spiro atoms. The largest absolute Gasteiger partial charge is 0.289 e. The molecule has 0 radical (unpaired) electrons. The molecule has 2 nitrogen and oxygen atoms in total. The van der Waals surface area contributed by atoms with Crippen LogP contribution in [0.25, 0.3) is 0 Å². The summed E-state index contributed by atoms with van der Waals surface area (Å²) >= 11 is 28.4. The fraction of sp³-hybridized carbons (Fsp3) is 0.632. The van der Waals surface area contributed by atoms with Crippen LogP contribution < -0.4 is 0 Å².